The molecular weight excluding hydrogens is 282 g/mol. The summed E-state index contributed by atoms with van der Waals surface area (Å²) in [6.07, 6.45) is 0.553. The number of carbonyl (C=O) groups excluding carboxylic acids is 1. The minimum Gasteiger partial charge on any atom is -0.325 e. The minimum atomic E-state index is -1.12. The van der Waals surface area contributed by atoms with Crippen molar-refractivity contribution in [3.8, 4) is 0 Å². The van der Waals surface area contributed by atoms with E-state index in [1.165, 1.54) is 0 Å². The van der Waals surface area contributed by atoms with Gasteiger partial charge in [0, 0.05) is 6.54 Å². The lowest BCUT2D eigenvalue weighted by atomic mass is 10.1. The molecule has 2 unspecified atom stereocenters. The first-order chi connectivity index (χ1) is 10.2. The van der Waals surface area contributed by atoms with Crippen LogP contribution in [0.5, 0.6) is 0 Å². The van der Waals surface area contributed by atoms with Gasteiger partial charge in [0.05, 0.1) is 16.7 Å². The molecule has 0 N–H and O–H groups in total. The van der Waals surface area contributed by atoms with Gasteiger partial charge in [-0.1, -0.05) is 60.7 Å². The van der Waals surface area contributed by atoms with Crippen LogP contribution in [0, 0.1) is 0 Å². The Morgan fingerprint density at radius 1 is 0.952 bits per heavy atom. The first-order valence-corrected chi connectivity index (χ1v) is 8.36. The third-order valence-electron chi connectivity index (χ3n) is 3.67. The average Bonchev–Trinajstić information content (AvgIpc) is 2.77. The van der Waals surface area contributed by atoms with Crippen molar-refractivity contribution in [2.45, 2.75) is 18.2 Å². The second-order valence-corrected chi connectivity index (χ2v) is 6.80. The van der Waals surface area contributed by atoms with Crippen LogP contribution in [0.3, 0.4) is 0 Å². The Kier molecular flexibility index (Phi) is 4.15. The van der Waals surface area contributed by atoms with Crippen LogP contribution in [0.25, 0.3) is 0 Å². The Morgan fingerprint density at radius 2 is 1.52 bits per heavy atom. The zero-order valence-electron chi connectivity index (χ0n) is 11.6. The number of rotatable bonds is 4. The number of hydrogen-bond acceptors (Lipinski definition) is 2. The van der Waals surface area contributed by atoms with E-state index in [9.17, 15) is 9.00 Å². The highest BCUT2D eigenvalue weighted by Crippen LogP contribution is 2.20. The molecule has 108 valence electrons. The molecule has 0 aliphatic carbocycles. The molecule has 1 amide bonds. The minimum absolute atomic E-state index is 0.000962. The van der Waals surface area contributed by atoms with Crippen molar-refractivity contribution in [1.82, 2.24) is 4.90 Å². The molecular formula is C17H17NO2S. The van der Waals surface area contributed by atoms with Crippen molar-refractivity contribution in [3.63, 3.8) is 0 Å². The van der Waals surface area contributed by atoms with E-state index in [1.54, 1.807) is 4.90 Å². The largest absolute Gasteiger partial charge is 0.325 e. The summed E-state index contributed by atoms with van der Waals surface area (Å²) in [6, 6.07) is 19.6. The molecule has 1 saturated heterocycles. The van der Waals surface area contributed by atoms with Crippen molar-refractivity contribution in [3.05, 3.63) is 71.8 Å². The number of benzene rings is 2. The van der Waals surface area contributed by atoms with Gasteiger partial charge in [-0.05, 0) is 17.5 Å². The van der Waals surface area contributed by atoms with E-state index in [0.29, 0.717) is 18.8 Å². The monoisotopic (exact) mass is 299 g/mol. The van der Waals surface area contributed by atoms with Gasteiger partial charge in [-0.3, -0.25) is 9.00 Å². The molecule has 2 atom stereocenters. The summed E-state index contributed by atoms with van der Waals surface area (Å²) in [7, 11) is -1.12. The second kappa shape index (κ2) is 6.22. The zero-order valence-corrected chi connectivity index (χ0v) is 12.5. The third kappa shape index (κ3) is 3.22. The van der Waals surface area contributed by atoms with E-state index in [-0.39, 0.29) is 5.91 Å². The second-order valence-electron chi connectivity index (χ2n) is 5.21. The third-order valence-corrected chi connectivity index (χ3v) is 5.24. The van der Waals surface area contributed by atoms with E-state index in [4.69, 9.17) is 0 Å². The molecule has 2 aromatic carbocycles. The van der Waals surface area contributed by atoms with Gasteiger partial charge >= 0.3 is 0 Å². The molecule has 0 bridgehead atoms. The van der Waals surface area contributed by atoms with E-state index >= 15 is 0 Å². The Labute approximate surface area is 127 Å². The van der Waals surface area contributed by atoms with Gasteiger partial charge in [0.15, 0.2) is 0 Å². The fourth-order valence-corrected chi connectivity index (χ4v) is 4.02. The topological polar surface area (TPSA) is 37.4 Å². The van der Waals surface area contributed by atoms with Gasteiger partial charge in [0.25, 0.3) is 0 Å². The Balaban J connectivity index is 1.70. The van der Waals surface area contributed by atoms with Gasteiger partial charge < -0.3 is 4.90 Å². The summed E-state index contributed by atoms with van der Waals surface area (Å²) < 4.78 is 12.2. The first-order valence-electron chi connectivity index (χ1n) is 6.98. The Morgan fingerprint density at radius 3 is 2.14 bits per heavy atom. The maximum atomic E-state index is 12.5. The van der Waals surface area contributed by atoms with Gasteiger partial charge in [0.1, 0.15) is 5.25 Å². The van der Waals surface area contributed by atoms with E-state index in [0.717, 1.165) is 11.1 Å². The van der Waals surface area contributed by atoms with Gasteiger partial charge in [-0.15, -0.1) is 0 Å². The van der Waals surface area contributed by atoms with Crippen molar-refractivity contribution < 1.29 is 9.00 Å². The summed E-state index contributed by atoms with van der Waals surface area (Å²) in [6.45, 7) is 0.538. The molecule has 2 aromatic rings. The molecule has 21 heavy (non-hydrogen) atoms. The molecule has 0 aromatic heterocycles. The highest BCUT2D eigenvalue weighted by atomic mass is 32.2. The molecule has 3 nitrogen and oxygen atoms in total. The van der Waals surface area contributed by atoms with Crippen LogP contribution in [-0.2, 0) is 28.6 Å². The molecule has 3 rings (SSSR count). The van der Waals surface area contributed by atoms with Crippen LogP contribution in [0.2, 0.25) is 0 Å². The maximum Gasteiger partial charge on any atom is 0.239 e. The maximum absolute atomic E-state index is 12.5. The van der Waals surface area contributed by atoms with E-state index in [1.807, 2.05) is 60.7 Å². The molecule has 4 heteroatoms. The molecule has 1 aliphatic rings. The zero-order chi connectivity index (χ0) is 14.7. The van der Waals surface area contributed by atoms with E-state index in [2.05, 4.69) is 0 Å². The SMILES string of the molecule is O=C1C(Cc2ccccc2)S(=O)CN1Cc1ccccc1. The molecule has 1 aliphatic heterocycles. The molecule has 1 heterocycles. The molecule has 1 fully saturated rings. The normalized spacial score (nSPS) is 21.7. The van der Waals surface area contributed by atoms with Crippen LogP contribution in [0.15, 0.2) is 60.7 Å². The lowest BCUT2D eigenvalue weighted by molar-refractivity contribution is -0.129. The van der Waals surface area contributed by atoms with Crippen LogP contribution in [-0.4, -0.2) is 26.1 Å². The molecule has 0 spiro atoms. The van der Waals surface area contributed by atoms with Gasteiger partial charge in [-0.25, -0.2) is 0 Å². The molecule has 0 radical (unpaired) electrons. The quantitative estimate of drug-likeness (QED) is 0.869. The predicted octanol–water partition coefficient (Wildman–Crippen LogP) is 2.35. The summed E-state index contributed by atoms with van der Waals surface area (Å²) in [5, 5.41) is -0.406. The van der Waals surface area contributed by atoms with Crippen molar-refractivity contribution >= 4 is 16.7 Å². The fraction of sp³-hybridized carbons (Fsp3) is 0.235. The summed E-state index contributed by atoms with van der Waals surface area (Å²) in [5.74, 6) is 0.339. The highest BCUT2D eigenvalue weighted by molar-refractivity contribution is 7.86. The van der Waals surface area contributed by atoms with Crippen LogP contribution < -0.4 is 0 Å². The highest BCUT2D eigenvalue weighted by Gasteiger charge is 2.37. The van der Waals surface area contributed by atoms with Gasteiger partial charge in [0.2, 0.25) is 5.91 Å². The van der Waals surface area contributed by atoms with Crippen LogP contribution in [0.4, 0.5) is 0 Å². The fourth-order valence-electron chi connectivity index (χ4n) is 2.56. The lowest BCUT2D eigenvalue weighted by Crippen LogP contribution is -2.30. The summed E-state index contributed by atoms with van der Waals surface area (Å²) in [4.78, 5) is 14.2. The standard InChI is InChI=1S/C17H17NO2S/c19-17-16(11-14-7-3-1-4-8-14)21(20)13-18(17)12-15-9-5-2-6-10-15/h1-10,16H,11-13H2. The Hall–Kier alpha value is -1.94. The number of amides is 1. The summed E-state index contributed by atoms with van der Waals surface area (Å²) in [5.41, 5.74) is 2.13. The number of carbonyl (C=O) groups is 1. The van der Waals surface area contributed by atoms with Crippen LogP contribution in [0.1, 0.15) is 11.1 Å². The number of nitrogens with zero attached hydrogens (tertiary/aromatic N) is 1. The summed E-state index contributed by atoms with van der Waals surface area (Å²) >= 11 is 0. The van der Waals surface area contributed by atoms with Crippen LogP contribution >= 0.6 is 0 Å². The smallest absolute Gasteiger partial charge is 0.239 e. The first kappa shape index (κ1) is 14.0. The average molecular weight is 299 g/mol. The predicted molar refractivity (Wildman–Crippen MR) is 83.9 cm³/mol. The van der Waals surface area contributed by atoms with Crippen molar-refractivity contribution in [1.29, 1.82) is 0 Å². The number of hydrogen-bond donors (Lipinski definition) is 0. The van der Waals surface area contributed by atoms with Gasteiger partial charge in [-0.2, -0.15) is 0 Å². The molecule has 0 saturated carbocycles. The van der Waals surface area contributed by atoms with Crippen molar-refractivity contribution in [2.24, 2.45) is 0 Å². The van der Waals surface area contributed by atoms with Crippen molar-refractivity contribution in [2.75, 3.05) is 5.88 Å². The van der Waals surface area contributed by atoms with E-state index < -0.39 is 16.0 Å². The lowest BCUT2D eigenvalue weighted by Gasteiger charge is -2.15. The Bertz CT molecular complexity index is 642.